The number of hydrogen-bond donors (Lipinski definition) is 1. The minimum Gasteiger partial charge on any atom is -0.470 e. The Balaban J connectivity index is 1.97. The first-order chi connectivity index (χ1) is 7.83. The maximum absolute atomic E-state index is 5.78. The van der Waals surface area contributed by atoms with Gasteiger partial charge in [-0.3, -0.25) is 0 Å². The summed E-state index contributed by atoms with van der Waals surface area (Å²) in [4.78, 5) is 15.0. The van der Waals surface area contributed by atoms with Gasteiger partial charge in [-0.25, -0.2) is 4.98 Å². The molecule has 1 fully saturated rings. The van der Waals surface area contributed by atoms with Crippen LogP contribution >= 0.6 is 11.6 Å². The van der Waals surface area contributed by atoms with E-state index in [2.05, 4.69) is 19.9 Å². The molecule has 6 nitrogen and oxygen atoms in total. The monoisotopic (exact) mass is 240 g/mol. The van der Waals surface area contributed by atoms with Crippen LogP contribution in [0.1, 0.15) is 6.42 Å². The molecule has 1 aliphatic heterocycles. The van der Waals surface area contributed by atoms with Crippen LogP contribution in [-0.2, 0) is 4.74 Å². The number of nitrogens with one attached hydrogen (secondary N) is 1. The summed E-state index contributed by atoms with van der Waals surface area (Å²) in [5, 5.41) is 0.133. The number of fused-ring (bicyclic) bond motifs is 1. The molecule has 1 atom stereocenters. The van der Waals surface area contributed by atoms with E-state index in [4.69, 9.17) is 21.1 Å². The average molecular weight is 241 g/mol. The van der Waals surface area contributed by atoms with E-state index in [9.17, 15) is 0 Å². The largest absolute Gasteiger partial charge is 0.470 e. The molecule has 1 N–H and O–H groups in total. The summed E-state index contributed by atoms with van der Waals surface area (Å²) in [6.45, 7) is 1.30. The molecular formula is C9H9ClN4O2. The molecule has 0 bridgehead atoms. The molecule has 0 spiro atoms. The molecule has 0 aromatic carbocycles. The molecule has 0 saturated carbocycles. The normalized spacial score (nSPS) is 20.4. The molecule has 0 amide bonds. The fourth-order valence-electron chi connectivity index (χ4n) is 1.63. The Kier molecular flexibility index (Phi) is 2.37. The van der Waals surface area contributed by atoms with E-state index in [1.807, 2.05) is 0 Å². The van der Waals surface area contributed by atoms with Crippen LogP contribution in [0.15, 0.2) is 6.33 Å². The van der Waals surface area contributed by atoms with Crippen LogP contribution < -0.4 is 4.74 Å². The van der Waals surface area contributed by atoms with Crippen molar-refractivity contribution in [3.05, 3.63) is 11.6 Å². The molecule has 3 rings (SSSR count). The minimum absolute atomic E-state index is 0.0254. The van der Waals surface area contributed by atoms with Crippen LogP contribution in [0.4, 0.5) is 0 Å². The number of H-pyrrole nitrogens is 1. The SMILES string of the molecule is Clc1nc(OC2CCOC2)c2[nH]cnc2n1. The Labute approximate surface area is 96.0 Å². The molecule has 0 aliphatic carbocycles. The van der Waals surface area contributed by atoms with Crippen LogP contribution in [0.2, 0.25) is 5.28 Å². The van der Waals surface area contributed by atoms with Crippen LogP contribution in [0.5, 0.6) is 5.88 Å². The van der Waals surface area contributed by atoms with Crippen molar-refractivity contribution in [1.29, 1.82) is 0 Å². The van der Waals surface area contributed by atoms with Crippen molar-refractivity contribution in [1.82, 2.24) is 19.9 Å². The lowest BCUT2D eigenvalue weighted by molar-refractivity contribution is 0.139. The van der Waals surface area contributed by atoms with Gasteiger partial charge in [0.05, 0.1) is 19.5 Å². The van der Waals surface area contributed by atoms with E-state index in [-0.39, 0.29) is 11.4 Å². The second kappa shape index (κ2) is 3.88. The van der Waals surface area contributed by atoms with Gasteiger partial charge >= 0.3 is 0 Å². The van der Waals surface area contributed by atoms with E-state index < -0.39 is 0 Å². The molecule has 16 heavy (non-hydrogen) atoms. The highest BCUT2D eigenvalue weighted by molar-refractivity contribution is 6.28. The fraction of sp³-hybridized carbons (Fsp3) is 0.444. The first-order valence-electron chi connectivity index (χ1n) is 4.94. The minimum atomic E-state index is 0.0254. The highest BCUT2D eigenvalue weighted by atomic mass is 35.5. The highest BCUT2D eigenvalue weighted by Crippen LogP contribution is 2.23. The number of hydrogen-bond acceptors (Lipinski definition) is 5. The first kappa shape index (κ1) is 9.80. The predicted molar refractivity (Wildman–Crippen MR) is 56.5 cm³/mol. The maximum atomic E-state index is 5.78. The maximum Gasteiger partial charge on any atom is 0.244 e. The average Bonchev–Trinajstić information content (AvgIpc) is 2.87. The molecule has 7 heteroatoms. The van der Waals surface area contributed by atoms with Crippen LogP contribution in [0, 0.1) is 0 Å². The number of ether oxygens (including phenoxy) is 2. The summed E-state index contributed by atoms with van der Waals surface area (Å²) in [5.74, 6) is 0.433. The predicted octanol–water partition coefficient (Wildman–Crippen LogP) is 1.17. The van der Waals surface area contributed by atoms with Crippen molar-refractivity contribution < 1.29 is 9.47 Å². The molecule has 3 heterocycles. The van der Waals surface area contributed by atoms with Crippen LogP contribution in [0.3, 0.4) is 0 Å². The molecule has 2 aromatic rings. The second-order valence-corrected chi connectivity index (χ2v) is 3.84. The van der Waals surface area contributed by atoms with Crippen molar-refractivity contribution in [3.63, 3.8) is 0 Å². The molecule has 0 radical (unpaired) electrons. The lowest BCUT2D eigenvalue weighted by Crippen LogP contribution is -2.16. The quantitative estimate of drug-likeness (QED) is 0.798. The van der Waals surface area contributed by atoms with E-state index in [0.717, 1.165) is 13.0 Å². The van der Waals surface area contributed by atoms with Crippen molar-refractivity contribution >= 4 is 22.8 Å². The summed E-state index contributed by atoms with van der Waals surface area (Å²) in [6.07, 6.45) is 2.42. The highest BCUT2D eigenvalue weighted by Gasteiger charge is 2.20. The molecule has 2 aromatic heterocycles. The van der Waals surface area contributed by atoms with Gasteiger partial charge in [0.2, 0.25) is 11.2 Å². The Morgan fingerprint density at radius 3 is 3.25 bits per heavy atom. The Bertz CT molecular complexity index is 509. The lowest BCUT2D eigenvalue weighted by Gasteiger charge is -2.10. The zero-order chi connectivity index (χ0) is 11.0. The standard InChI is InChI=1S/C9H9ClN4O2/c10-9-13-7-6(11-4-12-7)8(14-9)16-5-1-2-15-3-5/h4-5H,1-3H2,(H,11,12,13,14). The smallest absolute Gasteiger partial charge is 0.244 e. The first-order valence-corrected chi connectivity index (χ1v) is 5.32. The zero-order valence-corrected chi connectivity index (χ0v) is 9.07. The number of nitrogens with zero attached hydrogens (tertiary/aromatic N) is 3. The Hall–Kier alpha value is -1.40. The zero-order valence-electron chi connectivity index (χ0n) is 8.31. The summed E-state index contributed by atoms with van der Waals surface area (Å²) in [5.41, 5.74) is 1.17. The van der Waals surface area contributed by atoms with Gasteiger partial charge in [0.25, 0.3) is 0 Å². The van der Waals surface area contributed by atoms with Gasteiger partial charge in [-0.05, 0) is 11.6 Å². The van der Waals surface area contributed by atoms with E-state index in [1.54, 1.807) is 0 Å². The number of halogens is 1. The molecular weight excluding hydrogens is 232 g/mol. The third-order valence-corrected chi connectivity index (χ3v) is 2.56. The van der Waals surface area contributed by atoms with Crippen molar-refractivity contribution in [2.24, 2.45) is 0 Å². The van der Waals surface area contributed by atoms with Crippen LogP contribution in [0.25, 0.3) is 11.2 Å². The van der Waals surface area contributed by atoms with Gasteiger partial charge < -0.3 is 14.5 Å². The van der Waals surface area contributed by atoms with E-state index in [0.29, 0.717) is 23.7 Å². The van der Waals surface area contributed by atoms with Crippen molar-refractivity contribution in [3.8, 4) is 5.88 Å². The van der Waals surface area contributed by atoms with Gasteiger partial charge in [0, 0.05) is 6.42 Å². The summed E-state index contributed by atoms with van der Waals surface area (Å²) >= 11 is 5.78. The van der Waals surface area contributed by atoms with E-state index in [1.165, 1.54) is 6.33 Å². The molecule has 84 valence electrons. The van der Waals surface area contributed by atoms with Gasteiger partial charge in [0.1, 0.15) is 11.6 Å². The molecule has 1 saturated heterocycles. The number of imidazole rings is 1. The number of rotatable bonds is 2. The topological polar surface area (TPSA) is 72.9 Å². The van der Waals surface area contributed by atoms with Crippen molar-refractivity contribution in [2.75, 3.05) is 13.2 Å². The number of aromatic nitrogens is 4. The van der Waals surface area contributed by atoms with Gasteiger partial charge in [-0.2, -0.15) is 9.97 Å². The Morgan fingerprint density at radius 1 is 1.50 bits per heavy atom. The second-order valence-electron chi connectivity index (χ2n) is 3.50. The summed E-state index contributed by atoms with van der Waals surface area (Å²) in [7, 11) is 0. The van der Waals surface area contributed by atoms with Gasteiger partial charge in [0.15, 0.2) is 5.65 Å². The Morgan fingerprint density at radius 2 is 2.44 bits per heavy atom. The third-order valence-electron chi connectivity index (χ3n) is 2.39. The third kappa shape index (κ3) is 1.70. The lowest BCUT2D eigenvalue weighted by atomic mass is 10.3. The molecule has 1 aliphatic rings. The van der Waals surface area contributed by atoms with Gasteiger partial charge in [-0.15, -0.1) is 0 Å². The number of aromatic amines is 1. The van der Waals surface area contributed by atoms with Crippen molar-refractivity contribution in [2.45, 2.75) is 12.5 Å². The summed E-state index contributed by atoms with van der Waals surface area (Å²) in [6, 6.07) is 0. The van der Waals surface area contributed by atoms with E-state index >= 15 is 0 Å². The molecule has 1 unspecified atom stereocenters. The fourth-order valence-corrected chi connectivity index (χ4v) is 1.79. The van der Waals surface area contributed by atoms with Crippen LogP contribution in [-0.4, -0.2) is 39.3 Å². The summed E-state index contributed by atoms with van der Waals surface area (Å²) < 4.78 is 10.9. The van der Waals surface area contributed by atoms with Gasteiger partial charge in [-0.1, -0.05) is 0 Å².